The molecule has 8 aromatic carbocycles. The number of hydrogen-bond donors (Lipinski definition) is 0. The number of para-hydroxylation sites is 1. The topological polar surface area (TPSA) is 3.24 Å². The fraction of sp³-hybridized carbons (Fsp3) is 0.267. The summed E-state index contributed by atoms with van der Waals surface area (Å²) >= 11 is 0. The largest absolute Gasteiger partial charge is 0.310 e. The summed E-state index contributed by atoms with van der Waals surface area (Å²) < 4.78 is 0. The predicted molar refractivity (Wildman–Crippen MR) is 267 cm³/mol. The van der Waals surface area contributed by atoms with Crippen LogP contribution in [0.3, 0.4) is 0 Å². The maximum Gasteiger partial charge on any atom is 0.0540 e. The van der Waals surface area contributed by atoms with Gasteiger partial charge in [0.15, 0.2) is 0 Å². The van der Waals surface area contributed by atoms with Crippen LogP contribution in [-0.4, -0.2) is 0 Å². The number of hydrogen-bond acceptors (Lipinski definition) is 1. The molecule has 0 aliphatic rings. The third kappa shape index (κ3) is 8.41. The molecule has 0 spiro atoms. The van der Waals surface area contributed by atoms with E-state index in [0.29, 0.717) is 0 Å². The first-order valence-corrected chi connectivity index (χ1v) is 22.1. The second-order valence-electron chi connectivity index (χ2n) is 21.2. The number of rotatable bonds is 6. The Balaban J connectivity index is 1.39. The lowest BCUT2D eigenvalue weighted by molar-refractivity contribution is 0.568. The van der Waals surface area contributed by atoms with E-state index in [1.54, 1.807) is 0 Å². The second-order valence-corrected chi connectivity index (χ2v) is 21.2. The molecule has 308 valence electrons. The van der Waals surface area contributed by atoms with Crippen LogP contribution >= 0.6 is 0 Å². The highest BCUT2D eigenvalue weighted by atomic mass is 15.1. The van der Waals surface area contributed by atoms with Gasteiger partial charge < -0.3 is 4.90 Å². The van der Waals surface area contributed by atoms with Crippen LogP contribution in [0.5, 0.6) is 0 Å². The van der Waals surface area contributed by atoms with Crippen molar-refractivity contribution in [2.24, 2.45) is 0 Å². The normalized spacial score (nSPS) is 12.6. The van der Waals surface area contributed by atoms with Crippen molar-refractivity contribution >= 4 is 38.6 Å². The third-order valence-electron chi connectivity index (χ3n) is 12.5. The van der Waals surface area contributed by atoms with E-state index in [4.69, 9.17) is 0 Å². The first-order chi connectivity index (χ1) is 28.8. The van der Waals surface area contributed by atoms with E-state index in [9.17, 15) is 0 Å². The molecule has 0 bridgehead atoms. The molecule has 0 saturated carbocycles. The quantitative estimate of drug-likeness (QED) is 0.162. The summed E-state index contributed by atoms with van der Waals surface area (Å²) in [6.07, 6.45) is 0. The van der Waals surface area contributed by atoms with Gasteiger partial charge >= 0.3 is 0 Å². The molecule has 0 aromatic heterocycles. The first-order valence-electron chi connectivity index (χ1n) is 22.1. The highest BCUT2D eigenvalue weighted by Gasteiger charge is 2.26. The maximum absolute atomic E-state index is 2.51. The van der Waals surface area contributed by atoms with Crippen molar-refractivity contribution in [3.63, 3.8) is 0 Å². The maximum atomic E-state index is 2.51. The van der Waals surface area contributed by atoms with E-state index < -0.39 is 0 Å². The monoisotopic (exact) mass is 797 g/mol. The molecular weight excluding hydrogens is 735 g/mol. The molecule has 8 rings (SSSR count). The summed E-state index contributed by atoms with van der Waals surface area (Å²) in [6.45, 7) is 27.9. The zero-order valence-corrected chi connectivity index (χ0v) is 38.5. The summed E-state index contributed by atoms with van der Waals surface area (Å²) in [6, 6.07) is 61.8. The zero-order chi connectivity index (χ0) is 43.5. The Morgan fingerprint density at radius 3 is 1.33 bits per heavy atom. The molecule has 0 saturated heterocycles. The molecule has 61 heavy (non-hydrogen) atoms. The molecule has 0 unspecified atom stereocenters. The minimum absolute atomic E-state index is 0.00713. The van der Waals surface area contributed by atoms with Crippen LogP contribution in [-0.2, 0) is 21.7 Å². The molecule has 0 aliphatic heterocycles. The minimum atomic E-state index is -0.0442. The highest BCUT2D eigenvalue weighted by Crippen LogP contribution is 2.47. The Kier molecular flexibility index (Phi) is 10.6. The SMILES string of the molecule is CC(C)(C)c1cc(-c2cccc3cccc(-c4ccccc4N(c4ccc(-c5cccc6ccccc56)cc4)c4cc(C(C)(C)C)cc(C(C)(C)C)c4)c23)cc(C(C)(C)C)c1. The van der Waals surface area contributed by atoms with Gasteiger partial charge in [0.1, 0.15) is 0 Å². The third-order valence-corrected chi connectivity index (χ3v) is 12.5. The Hall–Kier alpha value is -5.92. The molecule has 0 N–H and O–H groups in total. The smallest absolute Gasteiger partial charge is 0.0540 e. The van der Waals surface area contributed by atoms with Gasteiger partial charge in [0.25, 0.3) is 0 Å². The lowest BCUT2D eigenvalue weighted by Gasteiger charge is -2.32. The number of nitrogens with zero attached hydrogens (tertiary/aromatic N) is 1. The van der Waals surface area contributed by atoms with E-state index in [1.807, 2.05) is 0 Å². The number of fused-ring (bicyclic) bond motifs is 2. The van der Waals surface area contributed by atoms with Gasteiger partial charge in [0.2, 0.25) is 0 Å². The second kappa shape index (κ2) is 15.5. The molecule has 0 amide bonds. The van der Waals surface area contributed by atoms with Crippen molar-refractivity contribution in [2.45, 2.75) is 105 Å². The lowest BCUT2D eigenvalue weighted by Crippen LogP contribution is -2.19. The molecule has 0 heterocycles. The van der Waals surface area contributed by atoms with Crippen LogP contribution in [0.2, 0.25) is 0 Å². The zero-order valence-electron chi connectivity index (χ0n) is 38.5. The van der Waals surface area contributed by atoms with Crippen molar-refractivity contribution < 1.29 is 0 Å². The fourth-order valence-electron chi connectivity index (χ4n) is 8.65. The average Bonchev–Trinajstić information content (AvgIpc) is 3.22. The van der Waals surface area contributed by atoms with E-state index in [2.05, 4.69) is 252 Å². The van der Waals surface area contributed by atoms with E-state index in [-0.39, 0.29) is 21.7 Å². The Bertz CT molecular complexity index is 2800. The molecule has 8 aromatic rings. The first kappa shape index (κ1) is 41.8. The standard InChI is InChI=1S/C60H63N/c1-57(2,3)44-34-43(35-45(36-44)58(4,5)6)52-27-18-22-42-23-19-28-54(56(42)52)53-25-15-16-29-55(53)61(49-38-46(59(7,8)9)37-47(39-49)60(10,11)12)48-32-30-41(31-33-48)51-26-17-21-40-20-13-14-24-50(40)51/h13-39H,1-12H3. The van der Waals surface area contributed by atoms with Crippen molar-refractivity contribution in [3.8, 4) is 33.4 Å². The Morgan fingerprint density at radius 1 is 0.311 bits per heavy atom. The van der Waals surface area contributed by atoms with Gasteiger partial charge in [-0.2, -0.15) is 0 Å². The lowest BCUT2D eigenvalue weighted by atomic mass is 9.78. The Morgan fingerprint density at radius 2 is 0.754 bits per heavy atom. The van der Waals surface area contributed by atoms with Crippen LogP contribution in [0, 0.1) is 0 Å². The number of anilines is 3. The summed E-state index contributed by atoms with van der Waals surface area (Å²) in [5, 5.41) is 5.03. The van der Waals surface area contributed by atoms with Crippen molar-refractivity contribution in [1.82, 2.24) is 0 Å². The summed E-state index contributed by atoms with van der Waals surface area (Å²) in [5.41, 5.74) is 16.1. The van der Waals surface area contributed by atoms with E-state index in [1.165, 1.54) is 77.2 Å². The predicted octanol–water partition coefficient (Wildman–Crippen LogP) is 17.7. The molecule has 0 atom stereocenters. The molecular formula is C60H63N. The van der Waals surface area contributed by atoms with Crippen LogP contribution < -0.4 is 4.90 Å². The molecule has 0 radical (unpaired) electrons. The van der Waals surface area contributed by atoms with Gasteiger partial charge in [-0.3, -0.25) is 0 Å². The summed E-state index contributed by atoms with van der Waals surface area (Å²) in [4.78, 5) is 2.51. The van der Waals surface area contributed by atoms with E-state index in [0.717, 1.165) is 17.1 Å². The minimum Gasteiger partial charge on any atom is -0.310 e. The summed E-state index contributed by atoms with van der Waals surface area (Å²) in [5.74, 6) is 0. The van der Waals surface area contributed by atoms with E-state index >= 15 is 0 Å². The van der Waals surface area contributed by atoms with Gasteiger partial charge in [-0.25, -0.2) is 0 Å². The molecule has 1 nitrogen and oxygen atoms in total. The fourth-order valence-corrected chi connectivity index (χ4v) is 8.65. The van der Waals surface area contributed by atoms with Crippen LogP contribution in [0.15, 0.2) is 164 Å². The van der Waals surface area contributed by atoms with Crippen molar-refractivity contribution in [3.05, 3.63) is 186 Å². The molecule has 0 aliphatic carbocycles. The summed E-state index contributed by atoms with van der Waals surface area (Å²) in [7, 11) is 0. The molecule has 0 fully saturated rings. The van der Waals surface area contributed by atoms with Crippen LogP contribution in [0.1, 0.15) is 105 Å². The van der Waals surface area contributed by atoms with Gasteiger partial charge in [-0.15, -0.1) is 0 Å². The highest BCUT2D eigenvalue weighted by molar-refractivity contribution is 6.09. The molecule has 1 heteroatoms. The van der Waals surface area contributed by atoms with Gasteiger partial charge in [-0.1, -0.05) is 217 Å². The van der Waals surface area contributed by atoms with Crippen LogP contribution in [0.4, 0.5) is 17.1 Å². The van der Waals surface area contributed by atoms with Gasteiger partial charge in [0.05, 0.1) is 5.69 Å². The van der Waals surface area contributed by atoms with Gasteiger partial charge in [0, 0.05) is 16.9 Å². The van der Waals surface area contributed by atoms with Crippen LogP contribution in [0.25, 0.3) is 54.9 Å². The number of benzene rings is 8. The van der Waals surface area contributed by atoms with Crippen molar-refractivity contribution in [2.75, 3.05) is 4.90 Å². The Labute approximate surface area is 366 Å². The van der Waals surface area contributed by atoms with Gasteiger partial charge in [-0.05, 0) is 124 Å². The average molecular weight is 798 g/mol. The van der Waals surface area contributed by atoms with Crippen molar-refractivity contribution in [1.29, 1.82) is 0 Å².